The van der Waals surface area contributed by atoms with Crippen LogP contribution in [-0.2, 0) is 9.59 Å². The first-order valence-electron chi connectivity index (χ1n) is 10.2. The summed E-state index contributed by atoms with van der Waals surface area (Å²) in [7, 11) is 0. The Bertz CT molecular complexity index is 691. The molecule has 0 saturated carbocycles. The molecule has 2 aliphatic rings. The van der Waals surface area contributed by atoms with Gasteiger partial charge in [-0.05, 0) is 39.8 Å². The monoisotopic (exact) mass is 390 g/mol. The third kappa shape index (κ3) is 4.58. The van der Waals surface area contributed by atoms with Gasteiger partial charge >= 0.3 is 0 Å². The molecule has 0 aliphatic carbocycles. The van der Waals surface area contributed by atoms with Crippen molar-refractivity contribution in [2.24, 2.45) is 0 Å². The smallest absolute Gasteiger partial charge is 0.278 e. The number of piperazine rings is 1. The Labute approximate surface area is 167 Å². The molecule has 1 saturated heterocycles. The Balaban J connectivity index is 1.50. The van der Waals surface area contributed by atoms with Gasteiger partial charge in [-0.25, -0.2) is 0 Å². The maximum absolute atomic E-state index is 12.8. The number of para-hydroxylation sites is 2. The second-order valence-electron chi connectivity index (χ2n) is 8.10. The number of nitrogens with zero attached hydrogens (tertiary/aromatic N) is 2. The zero-order valence-corrected chi connectivity index (χ0v) is 17.3. The van der Waals surface area contributed by atoms with Crippen LogP contribution in [0.4, 0.5) is 0 Å². The van der Waals surface area contributed by atoms with E-state index in [1.165, 1.54) is 4.90 Å². The molecule has 2 aliphatic heterocycles. The summed E-state index contributed by atoms with van der Waals surface area (Å²) in [5.41, 5.74) is 0. The van der Waals surface area contributed by atoms with Crippen molar-refractivity contribution in [1.29, 1.82) is 0 Å². The van der Waals surface area contributed by atoms with Crippen molar-refractivity contribution in [2.45, 2.75) is 45.9 Å². The van der Waals surface area contributed by atoms with Gasteiger partial charge in [0.25, 0.3) is 11.8 Å². The zero-order chi connectivity index (χ0) is 20.3. The van der Waals surface area contributed by atoms with Crippen molar-refractivity contribution in [3.8, 4) is 11.5 Å². The molecule has 28 heavy (non-hydrogen) atoms. The van der Waals surface area contributed by atoms with Gasteiger partial charge in [0.15, 0.2) is 18.0 Å². The number of hydrogen-bond donors (Lipinski definition) is 1. The number of benzene rings is 1. The predicted molar refractivity (Wildman–Crippen MR) is 106 cm³/mol. The van der Waals surface area contributed by atoms with Crippen LogP contribution in [0.2, 0.25) is 0 Å². The predicted octanol–water partition coefficient (Wildman–Crippen LogP) is 0.199. The zero-order valence-electron chi connectivity index (χ0n) is 17.3. The average molecular weight is 391 g/mol. The molecule has 1 N–H and O–H groups in total. The third-order valence-electron chi connectivity index (χ3n) is 5.37. The van der Waals surface area contributed by atoms with E-state index in [0.29, 0.717) is 31.1 Å². The van der Waals surface area contributed by atoms with E-state index in [-0.39, 0.29) is 30.5 Å². The molecule has 1 aromatic rings. The summed E-state index contributed by atoms with van der Waals surface area (Å²) in [6, 6.07) is 7.80. The fourth-order valence-corrected chi connectivity index (χ4v) is 4.04. The molecule has 0 aromatic heterocycles. The molecule has 0 bridgehead atoms. The number of fused-ring (bicyclic) bond motifs is 1. The molecule has 154 valence electrons. The number of nitrogens with one attached hydrogen (secondary N) is 1. The van der Waals surface area contributed by atoms with Crippen molar-refractivity contribution in [1.82, 2.24) is 9.80 Å². The largest absolute Gasteiger partial charge is 0.485 e. The maximum atomic E-state index is 12.8. The van der Waals surface area contributed by atoms with E-state index in [0.717, 1.165) is 13.1 Å². The molecular formula is C21H32N3O4+. The van der Waals surface area contributed by atoms with Gasteiger partial charge in [-0.15, -0.1) is 0 Å². The standard InChI is InChI=1S/C21H31N3O4/c1-15(2)24(16(3)4)20(25)13-22-9-11-23(12-10-22)21(26)19-14-27-17-7-5-6-8-18(17)28-19/h5-8,15-16,19H,9-14H2,1-4H3/p+1/t19-/m0/s1. The van der Waals surface area contributed by atoms with Crippen LogP contribution in [0.25, 0.3) is 0 Å². The molecular weight excluding hydrogens is 358 g/mol. The van der Waals surface area contributed by atoms with E-state index in [9.17, 15) is 9.59 Å². The van der Waals surface area contributed by atoms with E-state index in [2.05, 4.69) is 0 Å². The minimum absolute atomic E-state index is 0.0362. The van der Waals surface area contributed by atoms with Crippen molar-refractivity contribution >= 4 is 11.8 Å². The molecule has 7 nitrogen and oxygen atoms in total. The highest BCUT2D eigenvalue weighted by atomic mass is 16.6. The van der Waals surface area contributed by atoms with Crippen LogP contribution >= 0.6 is 0 Å². The summed E-state index contributed by atoms with van der Waals surface area (Å²) in [4.78, 5) is 30.5. The minimum Gasteiger partial charge on any atom is -0.485 e. The molecule has 1 fully saturated rings. The van der Waals surface area contributed by atoms with Gasteiger partial charge in [-0.2, -0.15) is 0 Å². The molecule has 2 heterocycles. The van der Waals surface area contributed by atoms with Crippen LogP contribution in [0.1, 0.15) is 27.7 Å². The van der Waals surface area contributed by atoms with Crippen LogP contribution in [-0.4, -0.2) is 79.1 Å². The summed E-state index contributed by atoms with van der Waals surface area (Å²) in [5.74, 6) is 1.44. The second-order valence-corrected chi connectivity index (χ2v) is 8.10. The topological polar surface area (TPSA) is 63.5 Å². The molecule has 0 spiro atoms. The van der Waals surface area contributed by atoms with Crippen LogP contribution in [0.3, 0.4) is 0 Å². The quantitative estimate of drug-likeness (QED) is 0.780. The molecule has 0 unspecified atom stereocenters. The first-order chi connectivity index (χ1) is 13.4. The first kappa shape index (κ1) is 20.5. The number of carbonyl (C=O) groups is 2. The summed E-state index contributed by atoms with van der Waals surface area (Å²) in [6.45, 7) is 11.7. The molecule has 7 heteroatoms. The Kier molecular flexibility index (Phi) is 6.44. The maximum Gasteiger partial charge on any atom is 0.278 e. The summed E-state index contributed by atoms with van der Waals surface area (Å²) in [5, 5.41) is 0. The van der Waals surface area contributed by atoms with Gasteiger partial charge in [0.2, 0.25) is 6.10 Å². The van der Waals surface area contributed by atoms with E-state index >= 15 is 0 Å². The number of rotatable bonds is 5. The lowest BCUT2D eigenvalue weighted by atomic mass is 10.2. The van der Waals surface area contributed by atoms with Gasteiger partial charge in [0.05, 0.1) is 26.2 Å². The second kappa shape index (κ2) is 8.82. The minimum atomic E-state index is -0.601. The lowest BCUT2D eigenvalue weighted by molar-refractivity contribution is -0.896. The van der Waals surface area contributed by atoms with E-state index < -0.39 is 6.10 Å². The van der Waals surface area contributed by atoms with Crippen molar-refractivity contribution in [2.75, 3.05) is 39.3 Å². The molecule has 0 radical (unpaired) electrons. The summed E-state index contributed by atoms with van der Waals surface area (Å²) >= 11 is 0. The first-order valence-corrected chi connectivity index (χ1v) is 10.2. The molecule has 1 aromatic carbocycles. The van der Waals surface area contributed by atoms with Crippen LogP contribution in [0, 0.1) is 0 Å². The van der Waals surface area contributed by atoms with Gasteiger partial charge in [0.1, 0.15) is 6.61 Å². The third-order valence-corrected chi connectivity index (χ3v) is 5.37. The average Bonchev–Trinajstić information content (AvgIpc) is 2.67. The molecule has 1 atom stereocenters. The lowest BCUT2D eigenvalue weighted by Crippen LogP contribution is -3.16. The van der Waals surface area contributed by atoms with E-state index in [1.54, 1.807) is 0 Å². The Morgan fingerprint density at radius 1 is 1.11 bits per heavy atom. The number of ether oxygens (including phenoxy) is 2. The van der Waals surface area contributed by atoms with Crippen LogP contribution < -0.4 is 14.4 Å². The molecule has 2 amide bonds. The van der Waals surface area contributed by atoms with E-state index in [1.807, 2.05) is 61.8 Å². The van der Waals surface area contributed by atoms with Gasteiger partial charge in [-0.1, -0.05) is 12.1 Å². The van der Waals surface area contributed by atoms with E-state index in [4.69, 9.17) is 9.47 Å². The van der Waals surface area contributed by atoms with Crippen molar-refractivity contribution in [3.63, 3.8) is 0 Å². The van der Waals surface area contributed by atoms with Crippen LogP contribution in [0.5, 0.6) is 11.5 Å². The van der Waals surface area contributed by atoms with Gasteiger partial charge in [-0.3, -0.25) is 9.59 Å². The Morgan fingerprint density at radius 3 is 2.32 bits per heavy atom. The number of carbonyl (C=O) groups excluding carboxylic acids is 2. The van der Waals surface area contributed by atoms with Crippen molar-refractivity contribution < 1.29 is 24.0 Å². The highest BCUT2D eigenvalue weighted by Gasteiger charge is 2.34. The normalized spacial score (nSPS) is 19.8. The van der Waals surface area contributed by atoms with Crippen LogP contribution in [0.15, 0.2) is 24.3 Å². The summed E-state index contributed by atoms with van der Waals surface area (Å²) in [6.07, 6.45) is -0.601. The molecule has 3 rings (SSSR count). The SMILES string of the molecule is CC(C)N(C(=O)C[NH+]1CCN(C(=O)[C@@H]2COc3ccccc3O2)CC1)C(C)C. The highest BCUT2D eigenvalue weighted by molar-refractivity contribution is 5.82. The Morgan fingerprint density at radius 2 is 1.71 bits per heavy atom. The lowest BCUT2D eigenvalue weighted by Gasteiger charge is -2.36. The number of amides is 2. The van der Waals surface area contributed by atoms with Gasteiger partial charge in [0, 0.05) is 12.1 Å². The van der Waals surface area contributed by atoms with Gasteiger partial charge < -0.3 is 24.2 Å². The Hall–Kier alpha value is -2.28. The highest BCUT2D eigenvalue weighted by Crippen LogP contribution is 2.31. The fraction of sp³-hybridized carbons (Fsp3) is 0.619. The number of quaternary nitrogens is 1. The summed E-state index contributed by atoms with van der Waals surface area (Å²) < 4.78 is 11.5. The number of hydrogen-bond acceptors (Lipinski definition) is 4. The fourth-order valence-electron chi connectivity index (χ4n) is 4.04. The van der Waals surface area contributed by atoms with Crippen molar-refractivity contribution in [3.05, 3.63) is 24.3 Å².